The highest BCUT2D eigenvalue weighted by atomic mass is 32.1. The fourth-order valence-corrected chi connectivity index (χ4v) is 2.21. The number of hydrogen-bond acceptors (Lipinski definition) is 4. The SMILES string of the molecule is NCCc1ccc(C(=O)Cc2cncs2)cc1. The zero-order valence-corrected chi connectivity index (χ0v) is 10.2. The Labute approximate surface area is 104 Å². The number of nitrogens with two attached hydrogens (primary N) is 1. The van der Waals surface area contributed by atoms with Crippen LogP contribution in [0.15, 0.2) is 36.0 Å². The first-order chi connectivity index (χ1) is 8.29. The molecule has 0 bridgehead atoms. The molecule has 2 N–H and O–H groups in total. The lowest BCUT2D eigenvalue weighted by atomic mass is 10.0. The van der Waals surface area contributed by atoms with E-state index in [1.807, 2.05) is 24.3 Å². The molecule has 0 spiro atoms. The van der Waals surface area contributed by atoms with Gasteiger partial charge in [0.25, 0.3) is 0 Å². The molecule has 2 rings (SSSR count). The minimum Gasteiger partial charge on any atom is -0.330 e. The Hall–Kier alpha value is -1.52. The summed E-state index contributed by atoms with van der Waals surface area (Å²) in [6, 6.07) is 7.67. The van der Waals surface area contributed by atoms with Gasteiger partial charge in [-0.3, -0.25) is 9.78 Å². The number of carbonyl (C=O) groups excluding carboxylic acids is 1. The summed E-state index contributed by atoms with van der Waals surface area (Å²) in [4.78, 5) is 16.9. The molecule has 1 heterocycles. The van der Waals surface area contributed by atoms with Crippen LogP contribution in [-0.4, -0.2) is 17.3 Å². The number of benzene rings is 1. The Morgan fingerprint density at radius 2 is 2.06 bits per heavy atom. The quantitative estimate of drug-likeness (QED) is 0.822. The van der Waals surface area contributed by atoms with Crippen molar-refractivity contribution in [2.45, 2.75) is 12.8 Å². The van der Waals surface area contributed by atoms with Gasteiger partial charge in [-0.05, 0) is 18.5 Å². The number of aromatic nitrogens is 1. The van der Waals surface area contributed by atoms with Crippen molar-refractivity contribution in [3.05, 3.63) is 52.0 Å². The summed E-state index contributed by atoms with van der Waals surface area (Å²) in [5, 5.41) is 0. The second-order valence-corrected chi connectivity index (χ2v) is 4.77. The van der Waals surface area contributed by atoms with Gasteiger partial charge >= 0.3 is 0 Å². The van der Waals surface area contributed by atoms with Gasteiger partial charge in [0.1, 0.15) is 0 Å². The predicted octanol–water partition coefficient (Wildman–Crippen LogP) is 2.07. The van der Waals surface area contributed by atoms with Crippen molar-refractivity contribution >= 4 is 17.1 Å². The molecule has 0 amide bonds. The van der Waals surface area contributed by atoms with E-state index in [9.17, 15) is 4.79 Å². The Bertz CT molecular complexity index is 477. The van der Waals surface area contributed by atoms with Crippen LogP contribution in [0.1, 0.15) is 20.8 Å². The molecule has 0 unspecified atom stereocenters. The van der Waals surface area contributed by atoms with Gasteiger partial charge in [0.15, 0.2) is 5.78 Å². The molecule has 0 saturated carbocycles. The first-order valence-corrected chi connectivity index (χ1v) is 6.37. The second-order valence-electron chi connectivity index (χ2n) is 3.80. The summed E-state index contributed by atoms with van der Waals surface area (Å²) < 4.78 is 0. The van der Waals surface area contributed by atoms with E-state index in [0.29, 0.717) is 13.0 Å². The smallest absolute Gasteiger partial charge is 0.168 e. The van der Waals surface area contributed by atoms with Crippen LogP contribution in [0, 0.1) is 0 Å². The number of ketones is 1. The Morgan fingerprint density at radius 1 is 1.29 bits per heavy atom. The number of carbonyl (C=O) groups is 1. The molecule has 0 aliphatic heterocycles. The zero-order valence-electron chi connectivity index (χ0n) is 9.43. The van der Waals surface area contributed by atoms with Gasteiger partial charge in [-0.2, -0.15) is 0 Å². The van der Waals surface area contributed by atoms with E-state index in [4.69, 9.17) is 5.73 Å². The van der Waals surface area contributed by atoms with Crippen LogP contribution in [0.25, 0.3) is 0 Å². The van der Waals surface area contributed by atoms with E-state index in [0.717, 1.165) is 16.9 Å². The van der Waals surface area contributed by atoms with Crippen molar-refractivity contribution < 1.29 is 4.79 Å². The summed E-state index contributed by atoms with van der Waals surface area (Å²) in [6.07, 6.45) is 3.02. The largest absolute Gasteiger partial charge is 0.330 e. The first-order valence-electron chi connectivity index (χ1n) is 5.49. The summed E-state index contributed by atoms with van der Waals surface area (Å²) in [6.45, 7) is 0.633. The predicted molar refractivity (Wildman–Crippen MR) is 69.3 cm³/mol. The van der Waals surface area contributed by atoms with Gasteiger partial charge in [0.05, 0.1) is 5.51 Å². The zero-order chi connectivity index (χ0) is 12.1. The van der Waals surface area contributed by atoms with E-state index < -0.39 is 0 Å². The minimum atomic E-state index is 0.133. The maximum Gasteiger partial charge on any atom is 0.168 e. The van der Waals surface area contributed by atoms with Crippen LogP contribution in [0.3, 0.4) is 0 Å². The molecule has 0 aliphatic rings. The molecule has 1 aromatic heterocycles. The number of Topliss-reactive ketones (excluding diaryl/α,β-unsaturated/α-hetero) is 1. The molecule has 0 radical (unpaired) electrons. The Balaban J connectivity index is 2.04. The third-order valence-electron chi connectivity index (χ3n) is 2.53. The average molecular weight is 246 g/mol. The van der Waals surface area contributed by atoms with E-state index in [1.54, 1.807) is 11.7 Å². The summed E-state index contributed by atoms with van der Waals surface area (Å²) in [5.74, 6) is 0.133. The van der Waals surface area contributed by atoms with Gasteiger partial charge < -0.3 is 5.73 Å². The van der Waals surface area contributed by atoms with Crippen molar-refractivity contribution in [1.29, 1.82) is 0 Å². The topological polar surface area (TPSA) is 56.0 Å². The molecule has 88 valence electrons. The standard InChI is InChI=1S/C13H14N2OS/c14-6-5-10-1-3-11(4-2-10)13(16)7-12-8-15-9-17-12/h1-4,8-9H,5-7,14H2. The van der Waals surface area contributed by atoms with Gasteiger partial charge in [0, 0.05) is 23.1 Å². The molecule has 0 aliphatic carbocycles. The van der Waals surface area contributed by atoms with Gasteiger partial charge in [-0.25, -0.2) is 0 Å². The van der Waals surface area contributed by atoms with Crippen LogP contribution in [0.5, 0.6) is 0 Å². The number of hydrogen-bond donors (Lipinski definition) is 1. The van der Waals surface area contributed by atoms with Crippen LogP contribution in [0.4, 0.5) is 0 Å². The Morgan fingerprint density at radius 3 is 2.65 bits per heavy atom. The molecular formula is C13H14N2OS. The van der Waals surface area contributed by atoms with Crippen molar-refractivity contribution in [3.8, 4) is 0 Å². The molecule has 4 heteroatoms. The third kappa shape index (κ3) is 3.22. The maximum atomic E-state index is 11.9. The molecule has 17 heavy (non-hydrogen) atoms. The van der Waals surface area contributed by atoms with Gasteiger partial charge in [-0.15, -0.1) is 11.3 Å². The molecular weight excluding hydrogens is 232 g/mol. The lowest BCUT2D eigenvalue weighted by molar-refractivity contribution is 0.0994. The molecule has 2 aromatic rings. The second kappa shape index (κ2) is 5.70. The van der Waals surface area contributed by atoms with Gasteiger partial charge in [0.2, 0.25) is 0 Å². The highest BCUT2D eigenvalue weighted by Crippen LogP contribution is 2.12. The van der Waals surface area contributed by atoms with Crippen molar-refractivity contribution in [1.82, 2.24) is 4.98 Å². The molecule has 0 saturated heterocycles. The average Bonchev–Trinajstić information content (AvgIpc) is 2.83. The van der Waals surface area contributed by atoms with E-state index >= 15 is 0 Å². The van der Waals surface area contributed by atoms with E-state index in [-0.39, 0.29) is 5.78 Å². The maximum absolute atomic E-state index is 11.9. The molecule has 0 fully saturated rings. The number of thiazole rings is 1. The highest BCUT2D eigenvalue weighted by molar-refractivity contribution is 7.09. The fourth-order valence-electron chi connectivity index (χ4n) is 1.61. The minimum absolute atomic E-state index is 0.133. The van der Waals surface area contributed by atoms with E-state index in [1.165, 1.54) is 16.9 Å². The summed E-state index contributed by atoms with van der Waals surface area (Å²) in [5.41, 5.74) is 9.14. The number of nitrogens with zero attached hydrogens (tertiary/aromatic N) is 1. The van der Waals surface area contributed by atoms with Crippen molar-refractivity contribution in [3.63, 3.8) is 0 Å². The molecule has 0 atom stereocenters. The third-order valence-corrected chi connectivity index (χ3v) is 3.31. The van der Waals surface area contributed by atoms with E-state index in [2.05, 4.69) is 4.98 Å². The fraction of sp³-hybridized carbons (Fsp3) is 0.231. The normalized spacial score (nSPS) is 10.4. The lowest BCUT2D eigenvalue weighted by Crippen LogP contribution is -2.05. The highest BCUT2D eigenvalue weighted by Gasteiger charge is 2.07. The van der Waals surface area contributed by atoms with Crippen molar-refractivity contribution in [2.75, 3.05) is 6.54 Å². The Kier molecular flexibility index (Phi) is 4.01. The first kappa shape index (κ1) is 12.0. The van der Waals surface area contributed by atoms with Crippen molar-refractivity contribution in [2.24, 2.45) is 5.73 Å². The molecule has 3 nitrogen and oxygen atoms in total. The van der Waals surface area contributed by atoms with Crippen LogP contribution >= 0.6 is 11.3 Å². The van der Waals surface area contributed by atoms with Gasteiger partial charge in [-0.1, -0.05) is 24.3 Å². The van der Waals surface area contributed by atoms with Crippen LogP contribution in [-0.2, 0) is 12.8 Å². The summed E-state index contributed by atoms with van der Waals surface area (Å²) in [7, 11) is 0. The summed E-state index contributed by atoms with van der Waals surface area (Å²) >= 11 is 1.51. The van der Waals surface area contributed by atoms with Crippen LogP contribution < -0.4 is 5.73 Å². The monoisotopic (exact) mass is 246 g/mol. The molecule has 1 aromatic carbocycles. The van der Waals surface area contributed by atoms with Crippen LogP contribution in [0.2, 0.25) is 0 Å². The number of rotatable bonds is 5. The lowest BCUT2D eigenvalue weighted by Gasteiger charge is -2.01.